The lowest BCUT2D eigenvalue weighted by Gasteiger charge is -2.21. The quantitative estimate of drug-likeness (QED) is 0.0222. The zero-order valence-corrected chi connectivity index (χ0v) is 62.2. The maximum atomic E-state index is 13.1. The molecule has 3 N–H and O–H groups in total. The van der Waals surface area contributed by atoms with E-state index in [0.29, 0.717) is 25.7 Å². The Morgan fingerprint density at radius 2 is 0.495 bits per heavy atom. The number of phosphoric acid groups is 2. The van der Waals surface area contributed by atoms with Crippen LogP contribution >= 0.6 is 15.6 Å². The molecule has 0 heterocycles. The van der Waals surface area contributed by atoms with E-state index in [1.165, 1.54) is 212 Å². The Hall–Kier alpha value is -1.94. The second-order valence-electron chi connectivity index (χ2n) is 27.2. The molecule has 552 valence electrons. The molecule has 0 fully saturated rings. The van der Waals surface area contributed by atoms with Gasteiger partial charge in [0.1, 0.15) is 19.3 Å². The molecule has 5 atom stereocenters. The van der Waals surface area contributed by atoms with Gasteiger partial charge in [-0.2, -0.15) is 0 Å². The number of carbonyl (C=O) groups is 4. The maximum absolute atomic E-state index is 13.1. The van der Waals surface area contributed by atoms with Gasteiger partial charge in [-0.3, -0.25) is 37.3 Å². The second kappa shape index (κ2) is 67.3. The van der Waals surface area contributed by atoms with E-state index in [9.17, 15) is 43.2 Å². The largest absolute Gasteiger partial charge is 0.472 e. The second-order valence-corrected chi connectivity index (χ2v) is 30.1. The van der Waals surface area contributed by atoms with E-state index in [2.05, 4.69) is 34.6 Å². The molecule has 0 radical (unpaired) electrons. The smallest absolute Gasteiger partial charge is 0.462 e. The Labute approximate surface area is 568 Å². The fourth-order valence-corrected chi connectivity index (χ4v) is 12.9. The van der Waals surface area contributed by atoms with Crippen molar-refractivity contribution in [2.75, 3.05) is 39.6 Å². The van der Waals surface area contributed by atoms with Crippen LogP contribution in [0.25, 0.3) is 0 Å². The molecule has 0 aliphatic carbocycles. The van der Waals surface area contributed by atoms with Gasteiger partial charge in [0.05, 0.1) is 26.4 Å². The van der Waals surface area contributed by atoms with Gasteiger partial charge in [0.2, 0.25) is 0 Å². The van der Waals surface area contributed by atoms with Crippen LogP contribution in [-0.4, -0.2) is 96.7 Å². The molecule has 0 aromatic carbocycles. The molecule has 17 nitrogen and oxygen atoms in total. The number of ether oxygens (including phenoxy) is 4. The number of hydrogen-bond acceptors (Lipinski definition) is 15. The molecule has 0 aliphatic rings. The van der Waals surface area contributed by atoms with Crippen LogP contribution in [0.4, 0.5) is 0 Å². The summed E-state index contributed by atoms with van der Waals surface area (Å²) >= 11 is 0. The van der Waals surface area contributed by atoms with E-state index in [1.54, 1.807) is 0 Å². The molecule has 0 aromatic heterocycles. The molecule has 19 heteroatoms. The Balaban J connectivity index is 5.19. The van der Waals surface area contributed by atoms with E-state index >= 15 is 0 Å². The van der Waals surface area contributed by atoms with Gasteiger partial charge in [0.15, 0.2) is 12.2 Å². The summed E-state index contributed by atoms with van der Waals surface area (Å²) in [6.07, 6.45) is 55.5. The van der Waals surface area contributed by atoms with Crippen molar-refractivity contribution >= 4 is 39.5 Å². The van der Waals surface area contributed by atoms with Crippen LogP contribution in [0.2, 0.25) is 0 Å². The number of unbranched alkanes of at least 4 members (excludes halogenated alkanes) is 46. The molecule has 0 amide bonds. The molecule has 93 heavy (non-hydrogen) atoms. The fraction of sp³-hybridized carbons (Fsp3) is 0.946. The SMILES string of the molecule is CCCCCCCCCCCCCCCCCCCCCCC(=O)O[C@H](COC(=O)CCCCCCCCCCCC(C)C)COP(=O)(O)OC[C@@H](O)COP(=O)(O)OC[C@@H](COC(=O)CCCCCCCCCCCC)OC(=O)CCCCCCCCCCCCC. The summed E-state index contributed by atoms with van der Waals surface area (Å²) in [6, 6.07) is 0. The normalized spacial score (nSPS) is 14.0. The monoisotopic (exact) mass is 1370 g/mol. The third-order valence-corrected chi connectivity index (χ3v) is 19.2. The van der Waals surface area contributed by atoms with Crippen molar-refractivity contribution in [2.45, 2.75) is 406 Å². The highest BCUT2D eigenvalue weighted by molar-refractivity contribution is 7.47. The third-order valence-electron chi connectivity index (χ3n) is 17.3. The number of esters is 4. The van der Waals surface area contributed by atoms with Gasteiger partial charge >= 0.3 is 39.5 Å². The number of aliphatic hydroxyl groups is 1. The van der Waals surface area contributed by atoms with Crippen molar-refractivity contribution in [3.05, 3.63) is 0 Å². The molecule has 0 saturated carbocycles. The summed E-state index contributed by atoms with van der Waals surface area (Å²) in [6.45, 7) is 7.25. The average Bonchev–Trinajstić information content (AvgIpc) is 1.97. The first-order chi connectivity index (χ1) is 45.0. The standard InChI is InChI=1S/C74H144O17P2/c1-6-9-12-15-18-21-24-25-26-27-28-29-30-31-32-34-39-45-50-55-60-74(79)91-70(64-85-72(77)58-53-48-43-40-35-36-41-46-51-56-67(4)5)66-89-93(82,83)87-62-68(75)61-86-92(80,81)88-65-69(63-84-71(76)57-52-47-42-37-23-20-17-14-11-8-3)90-73(78)59-54-49-44-38-33-22-19-16-13-10-7-2/h67-70,75H,6-66H2,1-5H3,(H,80,81)(H,82,83)/t68-,69+,70+/m0/s1. The van der Waals surface area contributed by atoms with Gasteiger partial charge in [-0.25, -0.2) is 9.13 Å². The van der Waals surface area contributed by atoms with E-state index in [-0.39, 0.29) is 25.7 Å². The Morgan fingerprint density at radius 1 is 0.290 bits per heavy atom. The molecule has 0 saturated heterocycles. The molecule has 2 unspecified atom stereocenters. The van der Waals surface area contributed by atoms with Gasteiger partial charge in [-0.15, -0.1) is 0 Å². The molecule has 0 aromatic rings. The summed E-state index contributed by atoms with van der Waals surface area (Å²) < 4.78 is 68.4. The molecular weight excluding hydrogens is 1220 g/mol. The highest BCUT2D eigenvalue weighted by Gasteiger charge is 2.30. The van der Waals surface area contributed by atoms with Crippen LogP contribution in [0.15, 0.2) is 0 Å². The van der Waals surface area contributed by atoms with Crippen LogP contribution in [0, 0.1) is 5.92 Å². The van der Waals surface area contributed by atoms with Crippen LogP contribution in [0.5, 0.6) is 0 Å². The first-order valence-corrected chi connectivity index (χ1v) is 41.6. The Kier molecular flexibility index (Phi) is 65.9. The predicted molar refractivity (Wildman–Crippen MR) is 377 cm³/mol. The third kappa shape index (κ3) is 68.4. The van der Waals surface area contributed by atoms with Crippen molar-refractivity contribution in [3.63, 3.8) is 0 Å². The summed E-state index contributed by atoms with van der Waals surface area (Å²) in [7, 11) is -9.90. The van der Waals surface area contributed by atoms with Crippen molar-refractivity contribution < 1.29 is 80.2 Å². The van der Waals surface area contributed by atoms with Crippen molar-refractivity contribution in [3.8, 4) is 0 Å². The zero-order chi connectivity index (χ0) is 68.4. The van der Waals surface area contributed by atoms with Crippen molar-refractivity contribution in [1.82, 2.24) is 0 Å². The number of carbonyl (C=O) groups excluding carboxylic acids is 4. The summed E-state index contributed by atoms with van der Waals surface area (Å²) in [5, 5.41) is 10.6. The first kappa shape index (κ1) is 91.1. The molecule has 0 bridgehead atoms. The number of aliphatic hydroxyl groups excluding tert-OH is 1. The van der Waals surface area contributed by atoms with Crippen LogP contribution in [-0.2, 0) is 65.4 Å². The minimum absolute atomic E-state index is 0.107. The highest BCUT2D eigenvalue weighted by atomic mass is 31.2. The van der Waals surface area contributed by atoms with Gasteiger partial charge in [0.25, 0.3) is 0 Å². The first-order valence-electron chi connectivity index (χ1n) is 38.6. The number of phosphoric ester groups is 2. The van der Waals surface area contributed by atoms with Gasteiger partial charge in [-0.1, -0.05) is 336 Å². The molecule has 0 aliphatic heterocycles. The average molecular weight is 1370 g/mol. The van der Waals surface area contributed by atoms with Gasteiger partial charge in [0, 0.05) is 25.7 Å². The van der Waals surface area contributed by atoms with Crippen molar-refractivity contribution in [2.24, 2.45) is 5.92 Å². The zero-order valence-electron chi connectivity index (χ0n) is 60.4. The molecule has 0 rings (SSSR count). The van der Waals surface area contributed by atoms with Crippen LogP contribution < -0.4 is 0 Å². The fourth-order valence-electron chi connectivity index (χ4n) is 11.4. The summed E-state index contributed by atoms with van der Waals surface area (Å²) in [5.74, 6) is -1.37. The van der Waals surface area contributed by atoms with Crippen LogP contribution in [0.3, 0.4) is 0 Å². The lowest BCUT2D eigenvalue weighted by Crippen LogP contribution is -2.30. The molecule has 0 spiro atoms. The van der Waals surface area contributed by atoms with E-state index in [0.717, 1.165) is 95.8 Å². The van der Waals surface area contributed by atoms with Crippen LogP contribution in [0.1, 0.15) is 388 Å². The topological polar surface area (TPSA) is 237 Å². The Bertz CT molecular complexity index is 1790. The molecular formula is C74H144O17P2. The van der Waals surface area contributed by atoms with E-state index in [4.69, 9.17) is 37.0 Å². The lowest BCUT2D eigenvalue weighted by molar-refractivity contribution is -0.161. The maximum Gasteiger partial charge on any atom is 0.472 e. The van der Waals surface area contributed by atoms with E-state index in [1.807, 2.05) is 0 Å². The minimum Gasteiger partial charge on any atom is -0.462 e. The summed E-state index contributed by atoms with van der Waals surface area (Å²) in [5.41, 5.74) is 0. The minimum atomic E-state index is -4.95. The van der Waals surface area contributed by atoms with Gasteiger partial charge in [-0.05, 0) is 31.6 Å². The highest BCUT2D eigenvalue weighted by Crippen LogP contribution is 2.45. The Morgan fingerprint density at radius 3 is 0.731 bits per heavy atom. The number of rotatable bonds is 74. The number of hydrogen-bond donors (Lipinski definition) is 3. The van der Waals surface area contributed by atoms with Gasteiger partial charge < -0.3 is 33.8 Å². The summed E-state index contributed by atoms with van der Waals surface area (Å²) in [4.78, 5) is 72.6. The predicted octanol–water partition coefficient (Wildman–Crippen LogP) is 21.7. The van der Waals surface area contributed by atoms with E-state index < -0.39 is 97.5 Å². The van der Waals surface area contributed by atoms with Crippen molar-refractivity contribution in [1.29, 1.82) is 0 Å². The lowest BCUT2D eigenvalue weighted by atomic mass is 10.0.